The lowest BCUT2D eigenvalue weighted by Gasteiger charge is -2.10. The smallest absolute Gasteiger partial charge is 0.418 e. The number of halogens is 5. The minimum Gasteiger partial charge on any atom is -0.454 e. The van der Waals surface area contributed by atoms with Crippen molar-refractivity contribution >= 4 is 10.9 Å². The van der Waals surface area contributed by atoms with Crippen molar-refractivity contribution in [2.24, 2.45) is 0 Å². The maximum atomic E-state index is 13.9. The van der Waals surface area contributed by atoms with Gasteiger partial charge in [-0.2, -0.15) is 18.3 Å². The Morgan fingerprint density at radius 1 is 0.800 bits per heavy atom. The van der Waals surface area contributed by atoms with E-state index in [-0.39, 0.29) is 23.6 Å². The lowest BCUT2D eigenvalue weighted by atomic mass is 10.0. The summed E-state index contributed by atoms with van der Waals surface area (Å²) >= 11 is 0. The highest BCUT2D eigenvalue weighted by atomic mass is 19.4. The summed E-state index contributed by atoms with van der Waals surface area (Å²) < 4.78 is 75.2. The van der Waals surface area contributed by atoms with Gasteiger partial charge in [0.1, 0.15) is 17.1 Å². The molecule has 0 bridgehead atoms. The molecule has 5 aromatic rings. The van der Waals surface area contributed by atoms with E-state index < -0.39 is 23.4 Å². The molecule has 0 aliphatic rings. The van der Waals surface area contributed by atoms with Crippen molar-refractivity contribution in [3.63, 3.8) is 0 Å². The Labute approximate surface area is 197 Å². The molecule has 0 aliphatic carbocycles. The van der Waals surface area contributed by atoms with Crippen molar-refractivity contribution in [3.05, 3.63) is 114 Å². The molecule has 8 heteroatoms. The number of nitrogens with zero attached hydrogens (tertiary/aromatic N) is 2. The van der Waals surface area contributed by atoms with Gasteiger partial charge in [-0.15, -0.1) is 0 Å². The zero-order chi connectivity index (χ0) is 24.6. The molecule has 0 aliphatic heterocycles. The summed E-state index contributed by atoms with van der Waals surface area (Å²) in [5.41, 5.74) is 1.04. The van der Waals surface area contributed by atoms with Crippen molar-refractivity contribution < 1.29 is 26.7 Å². The van der Waals surface area contributed by atoms with Crippen molar-refractivity contribution in [2.75, 3.05) is 0 Å². The second kappa shape index (κ2) is 8.87. The molecule has 0 saturated carbocycles. The largest absolute Gasteiger partial charge is 0.454 e. The molecular weight excluding hydrogens is 463 g/mol. The van der Waals surface area contributed by atoms with E-state index in [4.69, 9.17) is 4.74 Å². The first-order chi connectivity index (χ1) is 16.8. The first-order valence-electron chi connectivity index (χ1n) is 10.6. The van der Waals surface area contributed by atoms with Crippen LogP contribution >= 0.6 is 0 Å². The van der Waals surface area contributed by atoms with Crippen LogP contribution in [0.3, 0.4) is 0 Å². The van der Waals surface area contributed by atoms with Crippen LogP contribution in [0.4, 0.5) is 22.0 Å². The van der Waals surface area contributed by atoms with Gasteiger partial charge in [0.05, 0.1) is 17.8 Å². The van der Waals surface area contributed by atoms with Gasteiger partial charge in [-0.05, 0) is 48.0 Å². The summed E-state index contributed by atoms with van der Waals surface area (Å²) in [4.78, 5) is 0. The van der Waals surface area contributed by atoms with Crippen LogP contribution in [0.15, 0.2) is 91.0 Å². The number of ether oxygens (including phenoxy) is 1. The summed E-state index contributed by atoms with van der Waals surface area (Å²) in [6, 6.07) is 22.7. The van der Waals surface area contributed by atoms with Crippen LogP contribution in [0, 0.1) is 11.6 Å². The SMILES string of the molecule is Fc1ccc(Oc2ccc(-c3c4cccc(C(F)(F)F)c4nn3Cc3ccccc3)cc2)c(F)c1. The monoisotopic (exact) mass is 480 g/mol. The predicted molar refractivity (Wildman–Crippen MR) is 122 cm³/mol. The molecule has 4 aromatic carbocycles. The minimum absolute atomic E-state index is 0.139. The quantitative estimate of drug-likeness (QED) is 0.240. The number of hydrogen-bond acceptors (Lipinski definition) is 2. The van der Waals surface area contributed by atoms with Gasteiger partial charge in [-0.25, -0.2) is 8.78 Å². The van der Waals surface area contributed by atoms with Crippen LogP contribution in [-0.4, -0.2) is 9.78 Å². The highest BCUT2D eigenvalue weighted by Gasteiger charge is 2.34. The van der Waals surface area contributed by atoms with Gasteiger partial charge in [0.2, 0.25) is 0 Å². The molecule has 0 N–H and O–H groups in total. The first-order valence-corrected chi connectivity index (χ1v) is 10.6. The molecule has 1 heterocycles. The number of benzene rings is 4. The number of hydrogen-bond donors (Lipinski definition) is 0. The van der Waals surface area contributed by atoms with Gasteiger partial charge < -0.3 is 4.74 Å². The summed E-state index contributed by atoms with van der Waals surface area (Å²) in [7, 11) is 0. The molecule has 0 unspecified atom stereocenters. The van der Waals surface area contributed by atoms with Gasteiger partial charge in [-0.1, -0.05) is 42.5 Å². The molecule has 5 rings (SSSR count). The van der Waals surface area contributed by atoms with Crippen LogP contribution < -0.4 is 4.74 Å². The second-order valence-corrected chi connectivity index (χ2v) is 7.89. The Morgan fingerprint density at radius 2 is 1.54 bits per heavy atom. The van der Waals surface area contributed by atoms with Gasteiger partial charge in [-0.3, -0.25) is 4.68 Å². The fourth-order valence-corrected chi connectivity index (χ4v) is 3.92. The van der Waals surface area contributed by atoms with Crippen LogP contribution in [0.1, 0.15) is 11.1 Å². The second-order valence-electron chi connectivity index (χ2n) is 7.89. The fourth-order valence-electron chi connectivity index (χ4n) is 3.92. The van der Waals surface area contributed by atoms with E-state index in [1.165, 1.54) is 12.1 Å². The van der Waals surface area contributed by atoms with Crippen LogP contribution in [0.25, 0.3) is 22.2 Å². The maximum Gasteiger partial charge on any atom is 0.418 e. The molecule has 0 saturated heterocycles. The van der Waals surface area contributed by atoms with Crippen molar-refractivity contribution in [1.82, 2.24) is 9.78 Å². The highest BCUT2D eigenvalue weighted by molar-refractivity contribution is 5.95. The lowest BCUT2D eigenvalue weighted by molar-refractivity contribution is -0.136. The van der Waals surface area contributed by atoms with Crippen molar-refractivity contribution in [3.8, 4) is 22.8 Å². The molecule has 176 valence electrons. The summed E-state index contributed by atoms with van der Waals surface area (Å²) in [6.45, 7) is 0.265. The Hall–Kier alpha value is -4.20. The predicted octanol–water partition coefficient (Wildman–Crippen LogP) is 7.84. The lowest BCUT2D eigenvalue weighted by Crippen LogP contribution is -2.06. The van der Waals surface area contributed by atoms with Crippen LogP contribution in [0.5, 0.6) is 11.5 Å². The molecule has 0 amide bonds. The Kier molecular flexibility index (Phi) is 5.72. The molecule has 0 radical (unpaired) electrons. The molecular formula is C27H17F5N2O. The molecule has 3 nitrogen and oxygen atoms in total. The van der Waals surface area contributed by atoms with Crippen molar-refractivity contribution in [2.45, 2.75) is 12.7 Å². The summed E-state index contributed by atoms with van der Waals surface area (Å²) in [5, 5.41) is 4.70. The number of rotatable bonds is 5. The summed E-state index contributed by atoms with van der Waals surface area (Å²) in [6.07, 6.45) is -4.56. The zero-order valence-corrected chi connectivity index (χ0v) is 18.1. The van der Waals surface area contributed by atoms with Crippen molar-refractivity contribution in [1.29, 1.82) is 0 Å². The Morgan fingerprint density at radius 3 is 2.23 bits per heavy atom. The van der Waals surface area contributed by atoms with E-state index in [2.05, 4.69) is 5.10 Å². The molecule has 0 spiro atoms. The van der Waals surface area contributed by atoms with E-state index in [9.17, 15) is 22.0 Å². The molecule has 35 heavy (non-hydrogen) atoms. The molecule has 0 fully saturated rings. The molecule has 0 atom stereocenters. The van der Waals surface area contributed by atoms with Gasteiger partial charge in [0.25, 0.3) is 0 Å². The maximum absolute atomic E-state index is 13.9. The normalized spacial score (nSPS) is 11.7. The van der Waals surface area contributed by atoms with Crippen LogP contribution in [-0.2, 0) is 12.7 Å². The average molecular weight is 480 g/mol. The van der Waals surface area contributed by atoms with E-state index in [0.717, 1.165) is 23.8 Å². The van der Waals surface area contributed by atoms with Gasteiger partial charge in [0.15, 0.2) is 11.6 Å². The average Bonchev–Trinajstić information content (AvgIpc) is 3.19. The van der Waals surface area contributed by atoms with Gasteiger partial charge >= 0.3 is 6.18 Å². The third-order valence-corrected chi connectivity index (χ3v) is 5.50. The first kappa shape index (κ1) is 22.6. The Bertz CT molecular complexity index is 1490. The van der Waals surface area contributed by atoms with E-state index in [0.29, 0.717) is 16.6 Å². The number of fused-ring (bicyclic) bond motifs is 1. The van der Waals surface area contributed by atoms with E-state index in [1.54, 1.807) is 35.0 Å². The third-order valence-electron chi connectivity index (χ3n) is 5.50. The highest BCUT2D eigenvalue weighted by Crippen LogP contribution is 2.38. The fraction of sp³-hybridized carbons (Fsp3) is 0.0741. The zero-order valence-electron chi connectivity index (χ0n) is 18.1. The van der Waals surface area contributed by atoms with E-state index in [1.807, 2.05) is 30.3 Å². The van der Waals surface area contributed by atoms with E-state index >= 15 is 0 Å². The molecule has 1 aromatic heterocycles. The minimum atomic E-state index is -4.56. The number of alkyl halides is 3. The van der Waals surface area contributed by atoms with Gasteiger partial charge in [0, 0.05) is 17.0 Å². The van der Waals surface area contributed by atoms with Crippen LogP contribution in [0.2, 0.25) is 0 Å². The Balaban J connectivity index is 1.58. The summed E-state index contributed by atoms with van der Waals surface area (Å²) in [5.74, 6) is -1.43. The third kappa shape index (κ3) is 4.59. The topological polar surface area (TPSA) is 27.1 Å². The standard InChI is InChI=1S/C27H17F5N2O/c28-19-11-14-24(23(29)15-19)35-20-12-9-18(10-13-20)26-21-7-4-8-22(27(30,31)32)25(21)33-34(26)16-17-5-2-1-3-6-17/h1-15H,16H2. The number of aromatic nitrogens is 2.